The maximum Gasteiger partial charge on any atom is 0.253 e. The molecule has 0 bridgehead atoms. The van der Waals surface area contributed by atoms with Crippen molar-refractivity contribution in [1.29, 1.82) is 0 Å². The standard InChI is InChI=1S/C22H22ClN3O3/c1-4-15-8-7-9-16(12-15)25-19(27)13-24-22(29)20(14(2)3)26-21(28)17-10-5-6-11-18(17)23/h1,5-12,14,20H,13H2,2-3H3,(H,24,29)(H,25,27)(H,26,28). The Bertz CT molecular complexity index is 950. The minimum absolute atomic E-state index is 0.197. The Morgan fingerprint density at radius 3 is 2.48 bits per heavy atom. The van der Waals surface area contributed by atoms with Gasteiger partial charge in [-0.3, -0.25) is 14.4 Å². The molecule has 0 aliphatic carbocycles. The molecular formula is C22H22ClN3O3. The average molecular weight is 412 g/mol. The van der Waals surface area contributed by atoms with E-state index in [0.717, 1.165) is 0 Å². The highest BCUT2D eigenvalue weighted by molar-refractivity contribution is 6.33. The predicted octanol–water partition coefficient (Wildman–Crippen LogP) is 2.83. The van der Waals surface area contributed by atoms with Crippen LogP contribution >= 0.6 is 11.6 Å². The molecule has 0 saturated heterocycles. The number of amides is 3. The largest absolute Gasteiger partial charge is 0.345 e. The molecule has 7 heteroatoms. The highest BCUT2D eigenvalue weighted by Gasteiger charge is 2.25. The number of hydrogen-bond acceptors (Lipinski definition) is 3. The van der Waals surface area contributed by atoms with Crippen LogP contribution in [-0.2, 0) is 9.59 Å². The Kier molecular flexibility index (Phi) is 7.81. The van der Waals surface area contributed by atoms with Gasteiger partial charge in [-0.1, -0.05) is 49.6 Å². The van der Waals surface area contributed by atoms with Crippen LogP contribution < -0.4 is 16.0 Å². The SMILES string of the molecule is C#Cc1cccc(NC(=O)CNC(=O)C(NC(=O)c2ccccc2Cl)C(C)C)c1. The van der Waals surface area contributed by atoms with Gasteiger partial charge in [-0.05, 0) is 36.2 Å². The second kappa shape index (κ2) is 10.3. The van der Waals surface area contributed by atoms with Gasteiger partial charge >= 0.3 is 0 Å². The first kappa shape index (κ1) is 22.0. The molecule has 6 nitrogen and oxygen atoms in total. The summed E-state index contributed by atoms with van der Waals surface area (Å²) >= 11 is 6.04. The summed E-state index contributed by atoms with van der Waals surface area (Å²) < 4.78 is 0. The van der Waals surface area contributed by atoms with Crippen molar-refractivity contribution >= 4 is 35.0 Å². The Morgan fingerprint density at radius 1 is 1.10 bits per heavy atom. The minimum Gasteiger partial charge on any atom is -0.345 e. The quantitative estimate of drug-likeness (QED) is 0.612. The molecule has 0 heterocycles. The number of benzene rings is 2. The molecule has 3 amide bonds. The van der Waals surface area contributed by atoms with E-state index in [1.165, 1.54) is 0 Å². The fourth-order valence-corrected chi connectivity index (χ4v) is 2.79. The van der Waals surface area contributed by atoms with Crippen LogP contribution in [0.3, 0.4) is 0 Å². The van der Waals surface area contributed by atoms with Crippen molar-refractivity contribution in [2.75, 3.05) is 11.9 Å². The Labute approximate surface area is 175 Å². The van der Waals surface area contributed by atoms with Crippen LogP contribution in [0, 0.1) is 18.3 Å². The third-order valence-corrected chi connectivity index (χ3v) is 4.42. The summed E-state index contributed by atoms with van der Waals surface area (Å²) in [5, 5.41) is 8.17. The summed E-state index contributed by atoms with van der Waals surface area (Å²) in [6.45, 7) is 3.34. The first-order valence-electron chi connectivity index (χ1n) is 9.01. The molecule has 2 aromatic rings. The molecule has 0 spiro atoms. The summed E-state index contributed by atoms with van der Waals surface area (Å²) in [6, 6.07) is 12.6. The van der Waals surface area contributed by atoms with Crippen molar-refractivity contribution in [2.45, 2.75) is 19.9 Å². The van der Waals surface area contributed by atoms with Gasteiger partial charge in [-0.25, -0.2) is 0 Å². The molecule has 0 aliphatic heterocycles. The van der Waals surface area contributed by atoms with Gasteiger partial charge in [-0.15, -0.1) is 6.42 Å². The van der Waals surface area contributed by atoms with Crippen molar-refractivity contribution in [3.05, 3.63) is 64.7 Å². The Morgan fingerprint density at radius 2 is 1.83 bits per heavy atom. The lowest BCUT2D eigenvalue weighted by molar-refractivity contribution is -0.126. The number of anilines is 1. The van der Waals surface area contributed by atoms with Gasteiger partial charge in [0.05, 0.1) is 17.1 Å². The lowest BCUT2D eigenvalue weighted by atomic mass is 10.0. The molecule has 0 saturated carbocycles. The van der Waals surface area contributed by atoms with Crippen LogP contribution in [0.25, 0.3) is 0 Å². The van der Waals surface area contributed by atoms with Gasteiger partial charge in [0, 0.05) is 11.3 Å². The van der Waals surface area contributed by atoms with E-state index in [1.807, 2.05) is 0 Å². The monoisotopic (exact) mass is 411 g/mol. The maximum absolute atomic E-state index is 12.5. The van der Waals surface area contributed by atoms with Crippen LogP contribution in [0.5, 0.6) is 0 Å². The van der Waals surface area contributed by atoms with Gasteiger partial charge < -0.3 is 16.0 Å². The van der Waals surface area contributed by atoms with E-state index in [-0.39, 0.29) is 18.0 Å². The summed E-state index contributed by atoms with van der Waals surface area (Å²) in [4.78, 5) is 37.1. The molecule has 150 valence electrons. The molecule has 0 aromatic heterocycles. The van der Waals surface area contributed by atoms with E-state index in [2.05, 4.69) is 21.9 Å². The van der Waals surface area contributed by atoms with E-state index < -0.39 is 23.8 Å². The van der Waals surface area contributed by atoms with Crippen molar-refractivity contribution in [3.63, 3.8) is 0 Å². The first-order chi connectivity index (χ1) is 13.8. The fourth-order valence-electron chi connectivity index (χ4n) is 2.57. The van der Waals surface area contributed by atoms with Crippen LogP contribution in [0.2, 0.25) is 5.02 Å². The number of carbonyl (C=O) groups excluding carboxylic acids is 3. The molecule has 0 radical (unpaired) electrons. The lowest BCUT2D eigenvalue weighted by Gasteiger charge is -2.22. The summed E-state index contributed by atoms with van der Waals surface area (Å²) in [7, 11) is 0. The van der Waals surface area contributed by atoms with Crippen LogP contribution in [0.4, 0.5) is 5.69 Å². The molecule has 2 rings (SSSR count). The van der Waals surface area contributed by atoms with Gasteiger partial charge in [-0.2, -0.15) is 0 Å². The number of rotatable bonds is 7. The number of nitrogens with one attached hydrogen (secondary N) is 3. The zero-order valence-corrected chi connectivity index (χ0v) is 16.9. The van der Waals surface area contributed by atoms with Crippen LogP contribution in [0.1, 0.15) is 29.8 Å². The zero-order chi connectivity index (χ0) is 21.4. The van der Waals surface area contributed by atoms with E-state index in [9.17, 15) is 14.4 Å². The molecule has 1 unspecified atom stereocenters. The molecule has 0 fully saturated rings. The summed E-state index contributed by atoms with van der Waals surface area (Å²) in [5.74, 6) is 0.953. The van der Waals surface area contributed by atoms with Gasteiger partial charge in [0.25, 0.3) is 5.91 Å². The van der Waals surface area contributed by atoms with Crippen molar-refractivity contribution in [2.24, 2.45) is 5.92 Å². The Balaban J connectivity index is 1.95. The van der Waals surface area contributed by atoms with Gasteiger partial charge in [0.1, 0.15) is 6.04 Å². The van der Waals surface area contributed by atoms with E-state index in [0.29, 0.717) is 16.3 Å². The van der Waals surface area contributed by atoms with Crippen LogP contribution in [0.15, 0.2) is 48.5 Å². The average Bonchev–Trinajstić information content (AvgIpc) is 2.70. The molecule has 0 aliphatic rings. The second-order valence-electron chi connectivity index (χ2n) is 6.67. The maximum atomic E-state index is 12.5. The molecule has 29 heavy (non-hydrogen) atoms. The van der Waals surface area contributed by atoms with Crippen molar-refractivity contribution in [3.8, 4) is 12.3 Å². The topological polar surface area (TPSA) is 87.3 Å². The van der Waals surface area contributed by atoms with Crippen molar-refractivity contribution < 1.29 is 14.4 Å². The number of halogens is 1. The molecular weight excluding hydrogens is 390 g/mol. The normalized spacial score (nSPS) is 11.3. The van der Waals surface area contributed by atoms with Crippen molar-refractivity contribution in [1.82, 2.24) is 10.6 Å². The zero-order valence-electron chi connectivity index (χ0n) is 16.2. The minimum atomic E-state index is -0.823. The molecule has 3 N–H and O–H groups in total. The molecule has 2 aromatic carbocycles. The fraction of sp³-hybridized carbons (Fsp3) is 0.227. The highest BCUT2D eigenvalue weighted by atomic mass is 35.5. The third kappa shape index (κ3) is 6.37. The number of hydrogen-bond donors (Lipinski definition) is 3. The van der Waals surface area contributed by atoms with Crippen LogP contribution in [-0.4, -0.2) is 30.3 Å². The predicted molar refractivity (Wildman–Crippen MR) is 114 cm³/mol. The number of carbonyl (C=O) groups is 3. The smallest absolute Gasteiger partial charge is 0.253 e. The highest BCUT2D eigenvalue weighted by Crippen LogP contribution is 2.15. The van der Waals surface area contributed by atoms with E-state index >= 15 is 0 Å². The van der Waals surface area contributed by atoms with E-state index in [4.69, 9.17) is 18.0 Å². The molecule has 1 atom stereocenters. The number of terminal acetylenes is 1. The lowest BCUT2D eigenvalue weighted by Crippen LogP contribution is -2.51. The van der Waals surface area contributed by atoms with Gasteiger partial charge in [0.2, 0.25) is 11.8 Å². The second-order valence-corrected chi connectivity index (χ2v) is 7.07. The third-order valence-electron chi connectivity index (χ3n) is 4.09. The summed E-state index contributed by atoms with van der Waals surface area (Å²) in [5.41, 5.74) is 1.44. The van der Waals surface area contributed by atoms with E-state index in [1.54, 1.807) is 62.4 Å². The Hall–Kier alpha value is -3.30. The summed E-state index contributed by atoms with van der Waals surface area (Å²) in [6.07, 6.45) is 5.34. The first-order valence-corrected chi connectivity index (χ1v) is 9.39. The van der Waals surface area contributed by atoms with Gasteiger partial charge in [0.15, 0.2) is 0 Å².